The van der Waals surface area contributed by atoms with Crippen LogP contribution in [0.2, 0.25) is 0 Å². The van der Waals surface area contributed by atoms with Crippen molar-refractivity contribution in [1.82, 2.24) is 0 Å². The summed E-state index contributed by atoms with van der Waals surface area (Å²) in [5, 5.41) is 0. The van der Waals surface area contributed by atoms with Gasteiger partial charge in [0.25, 0.3) is 0 Å². The fourth-order valence-corrected chi connectivity index (χ4v) is 2.33. The molecule has 0 heterocycles. The van der Waals surface area contributed by atoms with Crippen molar-refractivity contribution in [2.45, 2.75) is 40.0 Å². The van der Waals surface area contributed by atoms with Crippen molar-refractivity contribution < 1.29 is 13.9 Å². The zero-order chi connectivity index (χ0) is 15.8. The first kappa shape index (κ1) is 17.5. The van der Waals surface area contributed by atoms with Gasteiger partial charge in [-0.05, 0) is 36.8 Å². The molecule has 0 N–H and O–H groups in total. The van der Waals surface area contributed by atoms with Gasteiger partial charge in [-0.3, -0.25) is 4.79 Å². The Morgan fingerprint density at radius 1 is 1.33 bits per heavy atom. The third-order valence-corrected chi connectivity index (χ3v) is 3.25. The van der Waals surface area contributed by atoms with Crippen LogP contribution in [-0.2, 0) is 16.0 Å². The Bertz CT molecular complexity index is 460. The molecule has 3 nitrogen and oxygen atoms in total. The number of unbranched alkanes of at least 4 members (excludes halogenated alkanes) is 1. The molecule has 0 aliphatic rings. The first-order valence-corrected chi connectivity index (χ1v) is 7.53. The number of aryl methyl sites for hydroxylation is 1. The highest BCUT2D eigenvalue weighted by Crippen LogP contribution is 2.23. The van der Waals surface area contributed by atoms with Gasteiger partial charge in [0.1, 0.15) is 5.82 Å². The lowest BCUT2D eigenvalue weighted by molar-refractivity contribution is -0.141. The zero-order valence-corrected chi connectivity index (χ0v) is 13.5. The van der Waals surface area contributed by atoms with Crippen LogP contribution in [0, 0.1) is 11.7 Å². The molecular weight excluding hydrogens is 269 g/mol. The Kier molecular flexibility index (Phi) is 7.20. The predicted molar refractivity (Wildman–Crippen MR) is 84.1 cm³/mol. The van der Waals surface area contributed by atoms with Gasteiger partial charge < -0.3 is 9.64 Å². The molecule has 0 saturated heterocycles. The van der Waals surface area contributed by atoms with Crippen molar-refractivity contribution in [2.75, 3.05) is 25.1 Å². The van der Waals surface area contributed by atoms with Crippen LogP contribution >= 0.6 is 0 Å². The lowest BCUT2D eigenvalue weighted by atomic mass is 10.1. The van der Waals surface area contributed by atoms with E-state index in [4.69, 9.17) is 4.74 Å². The molecule has 0 aromatic heterocycles. The van der Waals surface area contributed by atoms with Crippen LogP contribution in [0.25, 0.3) is 0 Å². The summed E-state index contributed by atoms with van der Waals surface area (Å²) in [5.41, 5.74) is 1.38. The summed E-state index contributed by atoms with van der Waals surface area (Å²) < 4.78 is 19.4. The number of esters is 1. The van der Waals surface area contributed by atoms with E-state index < -0.39 is 0 Å². The maximum absolute atomic E-state index is 14.5. The summed E-state index contributed by atoms with van der Waals surface area (Å²) in [7, 11) is 1.92. The highest BCUT2D eigenvalue weighted by Gasteiger charge is 2.12. The van der Waals surface area contributed by atoms with Gasteiger partial charge >= 0.3 is 5.97 Å². The minimum Gasteiger partial charge on any atom is -0.466 e. The molecule has 0 aliphatic carbocycles. The number of halogens is 1. The topological polar surface area (TPSA) is 29.5 Å². The van der Waals surface area contributed by atoms with E-state index in [2.05, 4.69) is 13.8 Å². The average molecular weight is 295 g/mol. The van der Waals surface area contributed by atoms with Crippen LogP contribution in [-0.4, -0.2) is 26.2 Å². The molecule has 0 bridgehead atoms. The Hall–Kier alpha value is -1.58. The standard InChI is InChI=1S/C17H26FNO2/c1-13(2)12-19(4)16-10-7-9-15(17(16)18)8-5-6-11-21-14(3)20/h7,9-10,13H,5-6,8,11-12H2,1-4H3. The summed E-state index contributed by atoms with van der Waals surface area (Å²) in [6.07, 6.45) is 2.23. The summed E-state index contributed by atoms with van der Waals surface area (Å²) in [6.45, 7) is 6.87. The molecule has 0 amide bonds. The van der Waals surface area contributed by atoms with Crippen molar-refractivity contribution in [3.05, 3.63) is 29.6 Å². The van der Waals surface area contributed by atoms with Crippen LogP contribution in [0.4, 0.5) is 10.1 Å². The molecule has 0 fully saturated rings. The van der Waals surface area contributed by atoms with Crippen LogP contribution in [0.15, 0.2) is 18.2 Å². The molecule has 0 saturated carbocycles. The molecule has 1 aromatic rings. The number of hydrogen-bond donors (Lipinski definition) is 0. The van der Waals surface area contributed by atoms with Crippen molar-refractivity contribution in [3.8, 4) is 0 Å². The largest absolute Gasteiger partial charge is 0.466 e. The summed E-state index contributed by atoms with van der Waals surface area (Å²) >= 11 is 0. The molecule has 0 aliphatic heterocycles. The van der Waals surface area contributed by atoms with E-state index in [1.807, 2.05) is 30.1 Å². The quantitative estimate of drug-likeness (QED) is 0.539. The van der Waals surface area contributed by atoms with E-state index in [-0.39, 0.29) is 11.8 Å². The van der Waals surface area contributed by atoms with Gasteiger partial charge in [-0.1, -0.05) is 26.0 Å². The van der Waals surface area contributed by atoms with E-state index in [0.717, 1.165) is 24.9 Å². The first-order chi connectivity index (χ1) is 9.91. The number of nitrogens with zero attached hydrogens (tertiary/aromatic N) is 1. The molecule has 0 radical (unpaired) electrons. The van der Waals surface area contributed by atoms with Gasteiger partial charge in [0.2, 0.25) is 0 Å². The number of carbonyl (C=O) groups excluding carboxylic acids is 1. The van der Waals surface area contributed by atoms with Crippen molar-refractivity contribution >= 4 is 11.7 Å². The van der Waals surface area contributed by atoms with Gasteiger partial charge in [-0.2, -0.15) is 0 Å². The number of rotatable bonds is 8. The van der Waals surface area contributed by atoms with Crippen LogP contribution in [0.1, 0.15) is 39.2 Å². The minimum absolute atomic E-state index is 0.131. The number of hydrogen-bond acceptors (Lipinski definition) is 3. The van der Waals surface area contributed by atoms with Gasteiger partial charge in [-0.25, -0.2) is 4.39 Å². The van der Waals surface area contributed by atoms with Gasteiger partial charge in [0.15, 0.2) is 0 Å². The molecule has 21 heavy (non-hydrogen) atoms. The minimum atomic E-state index is -0.265. The summed E-state index contributed by atoms with van der Waals surface area (Å²) in [5.74, 6) is 0.0911. The Morgan fingerprint density at radius 3 is 2.67 bits per heavy atom. The van der Waals surface area contributed by atoms with E-state index >= 15 is 0 Å². The van der Waals surface area contributed by atoms with Crippen molar-refractivity contribution in [1.29, 1.82) is 0 Å². The van der Waals surface area contributed by atoms with E-state index in [1.54, 1.807) is 0 Å². The van der Waals surface area contributed by atoms with E-state index in [1.165, 1.54) is 6.92 Å². The number of benzene rings is 1. The molecule has 1 rings (SSSR count). The maximum atomic E-state index is 14.5. The fourth-order valence-electron chi connectivity index (χ4n) is 2.33. The third kappa shape index (κ3) is 6.15. The van der Waals surface area contributed by atoms with Crippen LogP contribution in [0.3, 0.4) is 0 Å². The predicted octanol–water partition coefficient (Wildman–Crippen LogP) is 3.80. The molecular formula is C17H26FNO2. The highest BCUT2D eigenvalue weighted by molar-refractivity contribution is 5.65. The van der Waals surface area contributed by atoms with Crippen LogP contribution in [0.5, 0.6) is 0 Å². The molecule has 1 aromatic carbocycles. The number of carbonyl (C=O) groups is 1. The molecule has 0 spiro atoms. The van der Waals surface area contributed by atoms with Crippen LogP contribution < -0.4 is 4.90 Å². The SMILES string of the molecule is CC(=O)OCCCCc1cccc(N(C)CC(C)C)c1F. The molecule has 0 unspecified atom stereocenters. The third-order valence-electron chi connectivity index (χ3n) is 3.25. The smallest absolute Gasteiger partial charge is 0.302 e. The Balaban J connectivity index is 2.57. The van der Waals surface area contributed by atoms with Crippen molar-refractivity contribution in [2.24, 2.45) is 5.92 Å². The van der Waals surface area contributed by atoms with Gasteiger partial charge in [0, 0.05) is 20.5 Å². The lowest BCUT2D eigenvalue weighted by Gasteiger charge is -2.23. The average Bonchev–Trinajstić information content (AvgIpc) is 2.38. The fraction of sp³-hybridized carbons (Fsp3) is 0.588. The van der Waals surface area contributed by atoms with Gasteiger partial charge in [0.05, 0.1) is 12.3 Å². The van der Waals surface area contributed by atoms with Crippen molar-refractivity contribution in [3.63, 3.8) is 0 Å². The van der Waals surface area contributed by atoms with E-state index in [9.17, 15) is 9.18 Å². The molecule has 0 atom stereocenters. The number of ether oxygens (including phenoxy) is 1. The van der Waals surface area contributed by atoms with Gasteiger partial charge in [-0.15, -0.1) is 0 Å². The van der Waals surface area contributed by atoms with E-state index in [0.29, 0.717) is 24.6 Å². The molecule has 4 heteroatoms. The number of anilines is 1. The zero-order valence-electron chi connectivity index (χ0n) is 13.5. The normalized spacial score (nSPS) is 10.8. The highest BCUT2D eigenvalue weighted by atomic mass is 19.1. The second-order valence-corrected chi connectivity index (χ2v) is 5.82. The lowest BCUT2D eigenvalue weighted by Crippen LogP contribution is -2.23. The monoisotopic (exact) mass is 295 g/mol. The summed E-state index contributed by atoms with van der Waals surface area (Å²) in [4.78, 5) is 12.6. The molecule has 118 valence electrons. The maximum Gasteiger partial charge on any atom is 0.302 e. The second kappa shape index (κ2) is 8.65. The Labute approximate surface area is 127 Å². The first-order valence-electron chi connectivity index (χ1n) is 7.53. The summed E-state index contributed by atoms with van der Waals surface area (Å²) in [6, 6.07) is 5.55. The second-order valence-electron chi connectivity index (χ2n) is 5.82. The Morgan fingerprint density at radius 2 is 2.05 bits per heavy atom.